The highest BCUT2D eigenvalue weighted by molar-refractivity contribution is 7.57. The van der Waals surface area contributed by atoms with Crippen LogP contribution in [0.25, 0.3) is 0 Å². The molecular weight excluding hydrogens is 247 g/mol. The molecule has 0 bridgehead atoms. The Morgan fingerprint density at radius 2 is 2.28 bits per heavy atom. The summed E-state index contributed by atoms with van der Waals surface area (Å²) in [6, 6.07) is 0. The number of amides is 1. The van der Waals surface area contributed by atoms with Crippen LogP contribution in [-0.2, 0) is 4.79 Å². The van der Waals surface area contributed by atoms with E-state index in [2.05, 4.69) is 20.2 Å². The number of carbonyl (C=O) groups excluding carboxylic acids is 1. The van der Waals surface area contributed by atoms with Crippen LogP contribution in [0.15, 0.2) is 24.8 Å². The summed E-state index contributed by atoms with van der Waals surface area (Å²) in [4.78, 5) is 10.9. The molecule has 104 valence electrons. The highest BCUT2D eigenvalue weighted by atomic mass is 31.1. The zero-order chi connectivity index (χ0) is 14.0. The third kappa shape index (κ3) is 6.90. The van der Waals surface area contributed by atoms with Gasteiger partial charge in [-0.05, 0) is 25.7 Å². The Labute approximate surface area is 111 Å². The van der Waals surface area contributed by atoms with Crippen LogP contribution in [-0.4, -0.2) is 29.7 Å². The topological polar surface area (TPSA) is 75.4 Å². The first-order chi connectivity index (χ1) is 8.56. The van der Waals surface area contributed by atoms with E-state index in [4.69, 9.17) is 5.84 Å². The molecule has 0 saturated carbocycles. The second-order valence-corrected chi connectivity index (χ2v) is 6.78. The van der Waals surface area contributed by atoms with Crippen molar-refractivity contribution in [2.24, 2.45) is 11.8 Å². The summed E-state index contributed by atoms with van der Waals surface area (Å²) in [5.41, 5.74) is 2.03. The van der Waals surface area contributed by atoms with Crippen molar-refractivity contribution in [3.8, 4) is 0 Å². The first kappa shape index (κ1) is 17.3. The van der Waals surface area contributed by atoms with Gasteiger partial charge in [0, 0.05) is 12.0 Å². The lowest BCUT2D eigenvalue weighted by atomic mass is 10.1. The smallest absolute Gasteiger partial charge is 0.257 e. The van der Waals surface area contributed by atoms with Crippen LogP contribution in [0, 0.1) is 5.92 Å². The number of nitrogens with two attached hydrogens (primary N) is 1. The maximum absolute atomic E-state index is 10.9. The fourth-order valence-corrected chi connectivity index (χ4v) is 3.56. The summed E-state index contributed by atoms with van der Waals surface area (Å²) in [5, 5.41) is 10.2. The number of hydrazine groups is 1. The number of hydrogen-bond donors (Lipinski definition) is 3. The summed E-state index contributed by atoms with van der Waals surface area (Å²) in [5.74, 6) is 4.28. The molecule has 4 nitrogen and oxygen atoms in total. The standard InChI is InChI=1S/C13H25N2O2P/c1-4-6-10-18(3)13(17)11(5-2)8-7-9-12(16)15-14/h5,7,9,11,13,17H,2,4,6,8,10,14H2,1,3H3,(H,15,16)/b9-7+. The molecule has 18 heavy (non-hydrogen) atoms. The van der Waals surface area contributed by atoms with Gasteiger partial charge in [0.1, 0.15) is 0 Å². The Bertz CT molecular complexity index is 282. The van der Waals surface area contributed by atoms with Gasteiger partial charge < -0.3 is 5.11 Å². The molecule has 0 aromatic carbocycles. The summed E-state index contributed by atoms with van der Waals surface area (Å²) in [6.45, 7) is 8.02. The van der Waals surface area contributed by atoms with Gasteiger partial charge in [-0.2, -0.15) is 0 Å². The molecule has 1 amide bonds. The van der Waals surface area contributed by atoms with Gasteiger partial charge in [0.15, 0.2) is 0 Å². The molecule has 0 heterocycles. The van der Waals surface area contributed by atoms with E-state index in [0.29, 0.717) is 6.42 Å². The van der Waals surface area contributed by atoms with Gasteiger partial charge in [0.05, 0.1) is 5.85 Å². The fraction of sp³-hybridized carbons (Fsp3) is 0.615. The van der Waals surface area contributed by atoms with Crippen LogP contribution in [0.4, 0.5) is 0 Å². The van der Waals surface area contributed by atoms with Crippen molar-refractivity contribution < 1.29 is 9.90 Å². The molecule has 0 rings (SSSR count). The van der Waals surface area contributed by atoms with Gasteiger partial charge in [-0.15, -0.1) is 6.58 Å². The van der Waals surface area contributed by atoms with Crippen molar-refractivity contribution in [1.29, 1.82) is 0 Å². The normalized spacial score (nSPS) is 16.2. The van der Waals surface area contributed by atoms with Gasteiger partial charge >= 0.3 is 0 Å². The van der Waals surface area contributed by atoms with Gasteiger partial charge in [-0.3, -0.25) is 10.2 Å². The molecule has 0 aliphatic rings. The van der Waals surface area contributed by atoms with E-state index in [1.807, 2.05) is 5.43 Å². The molecule has 0 aliphatic carbocycles. The van der Waals surface area contributed by atoms with Gasteiger partial charge in [0.2, 0.25) is 0 Å². The quantitative estimate of drug-likeness (QED) is 0.150. The van der Waals surface area contributed by atoms with Crippen molar-refractivity contribution in [1.82, 2.24) is 5.43 Å². The lowest BCUT2D eigenvalue weighted by molar-refractivity contribution is -0.116. The molecule has 0 aliphatic heterocycles. The number of carbonyl (C=O) groups is 1. The third-order valence-electron chi connectivity index (χ3n) is 2.82. The number of unbranched alkanes of at least 4 members (excludes halogenated alkanes) is 1. The number of hydrogen-bond acceptors (Lipinski definition) is 3. The first-order valence-corrected chi connectivity index (χ1v) is 8.29. The van der Waals surface area contributed by atoms with Crippen LogP contribution >= 0.6 is 7.92 Å². The minimum absolute atomic E-state index is 0.000193. The molecule has 0 aromatic rings. The monoisotopic (exact) mass is 272 g/mol. The number of aliphatic hydroxyl groups is 1. The second kappa shape index (κ2) is 10.2. The van der Waals surface area contributed by atoms with E-state index < -0.39 is 7.92 Å². The predicted molar refractivity (Wildman–Crippen MR) is 78.4 cm³/mol. The highest BCUT2D eigenvalue weighted by Crippen LogP contribution is 2.41. The number of rotatable bonds is 9. The Morgan fingerprint density at radius 1 is 1.61 bits per heavy atom. The van der Waals surface area contributed by atoms with Crippen molar-refractivity contribution >= 4 is 13.8 Å². The lowest BCUT2D eigenvalue weighted by Crippen LogP contribution is -2.28. The number of allylic oxidation sites excluding steroid dienone is 1. The SMILES string of the molecule is C=CC(C/C=C/C(=O)NN)C(O)P(C)CCCC. The zero-order valence-electron chi connectivity index (χ0n) is 11.3. The minimum Gasteiger partial charge on any atom is -0.388 e. The Kier molecular flexibility index (Phi) is 9.85. The van der Waals surface area contributed by atoms with Gasteiger partial charge in [0.25, 0.3) is 5.91 Å². The average molecular weight is 272 g/mol. The predicted octanol–water partition coefficient (Wildman–Crippen LogP) is 1.95. The number of aliphatic hydroxyl groups excluding tert-OH is 1. The fourth-order valence-electron chi connectivity index (χ4n) is 1.59. The Hall–Kier alpha value is -0.700. The van der Waals surface area contributed by atoms with Crippen molar-refractivity contribution in [3.63, 3.8) is 0 Å². The van der Waals surface area contributed by atoms with E-state index in [1.54, 1.807) is 12.2 Å². The highest BCUT2D eigenvalue weighted by Gasteiger charge is 2.20. The van der Waals surface area contributed by atoms with Crippen LogP contribution < -0.4 is 11.3 Å². The maximum Gasteiger partial charge on any atom is 0.257 e. The summed E-state index contributed by atoms with van der Waals surface area (Å²) in [6.07, 6.45) is 8.85. The van der Waals surface area contributed by atoms with Gasteiger partial charge in [-0.25, -0.2) is 5.84 Å². The second-order valence-electron chi connectivity index (χ2n) is 4.29. The molecule has 4 N–H and O–H groups in total. The molecule has 0 spiro atoms. The van der Waals surface area contributed by atoms with E-state index in [0.717, 1.165) is 19.0 Å². The zero-order valence-corrected chi connectivity index (χ0v) is 12.2. The van der Waals surface area contributed by atoms with Crippen LogP contribution in [0.2, 0.25) is 0 Å². The molecule has 3 atom stereocenters. The summed E-state index contributed by atoms with van der Waals surface area (Å²) >= 11 is 0. The van der Waals surface area contributed by atoms with Crippen molar-refractivity contribution in [3.05, 3.63) is 24.8 Å². The molecular formula is C13H25N2O2P. The first-order valence-electron chi connectivity index (χ1n) is 6.24. The van der Waals surface area contributed by atoms with Crippen molar-refractivity contribution in [2.75, 3.05) is 12.8 Å². The number of nitrogens with one attached hydrogen (secondary N) is 1. The summed E-state index contributed by atoms with van der Waals surface area (Å²) in [7, 11) is -0.403. The lowest BCUT2D eigenvalue weighted by Gasteiger charge is -2.25. The largest absolute Gasteiger partial charge is 0.388 e. The molecule has 5 heteroatoms. The molecule has 0 fully saturated rings. The summed E-state index contributed by atoms with van der Waals surface area (Å²) < 4.78 is 0. The van der Waals surface area contributed by atoms with Gasteiger partial charge in [-0.1, -0.05) is 33.4 Å². The molecule has 0 radical (unpaired) electrons. The molecule has 0 aromatic heterocycles. The van der Waals surface area contributed by atoms with E-state index in [1.165, 1.54) is 6.08 Å². The minimum atomic E-state index is -0.403. The third-order valence-corrected chi connectivity index (χ3v) is 5.13. The van der Waals surface area contributed by atoms with E-state index in [-0.39, 0.29) is 17.7 Å². The van der Waals surface area contributed by atoms with Crippen LogP contribution in [0.3, 0.4) is 0 Å². The van der Waals surface area contributed by atoms with Crippen molar-refractivity contribution in [2.45, 2.75) is 32.0 Å². The Morgan fingerprint density at radius 3 is 2.78 bits per heavy atom. The van der Waals surface area contributed by atoms with Crippen LogP contribution in [0.5, 0.6) is 0 Å². The molecule has 0 saturated heterocycles. The Balaban J connectivity index is 4.26. The van der Waals surface area contributed by atoms with E-state index in [9.17, 15) is 9.90 Å². The van der Waals surface area contributed by atoms with Crippen LogP contribution in [0.1, 0.15) is 26.2 Å². The van der Waals surface area contributed by atoms with E-state index >= 15 is 0 Å². The average Bonchev–Trinajstić information content (AvgIpc) is 2.39. The maximum atomic E-state index is 10.9. The molecule has 3 unspecified atom stereocenters.